The highest BCUT2D eigenvalue weighted by atomic mass is 16.5. The SMILES string of the molecule is CC(=O)c1ccc2c(c1)N(C(=O)Cc1ccc(C)cc1)CCO2. The number of carbonyl (C=O) groups excluding carboxylic acids is 2. The molecule has 2 aromatic rings. The number of amides is 1. The summed E-state index contributed by atoms with van der Waals surface area (Å²) in [5, 5.41) is 0. The number of carbonyl (C=O) groups is 2. The minimum absolute atomic E-state index is 0.0131. The van der Waals surface area contributed by atoms with Gasteiger partial charge in [-0.1, -0.05) is 29.8 Å². The summed E-state index contributed by atoms with van der Waals surface area (Å²) in [5.41, 5.74) is 3.42. The van der Waals surface area contributed by atoms with E-state index in [0.29, 0.717) is 36.6 Å². The van der Waals surface area contributed by atoms with E-state index < -0.39 is 0 Å². The number of ether oxygens (including phenoxy) is 1. The van der Waals surface area contributed by atoms with Gasteiger partial charge in [-0.2, -0.15) is 0 Å². The topological polar surface area (TPSA) is 46.6 Å². The average Bonchev–Trinajstić information content (AvgIpc) is 2.55. The second-order valence-corrected chi connectivity index (χ2v) is 5.79. The fraction of sp³-hybridized carbons (Fsp3) is 0.263. The first kappa shape index (κ1) is 15.3. The van der Waals surface area contributed by atoms with Gasteiger partial charge in [0.15, 0.2) is 5.78 Å². The van der Waals surface area contributed by atoms with Crippen molar-refractivity contribution in [2.45, 2.75) is 20.3 Å². The normalized spacial score (nSPS) is 13.2. The van der Waals surface area contributed by atoms with Crippen molar-refractivity contribution in [2.24, 2.45) is 0 Å². The number of benzene rings is 2. The first-order valence-corrected chi connectivity index (χ1v) is 7.68. The van der Waals surface area contributed by atoms with Gasteiger partial charge in [0.2, 0.25) is 5.91 Å². The largest absolute Gasteiger partial charge is 0.490 e. The summed E-state index contributed by atoms with van der Waals surface area (Å²) in [4.78, 5) is 26.0. The number of anilines is 1. The number of hydrogen-bond donors (Lipinski definition) is 0. The van der Waals surface area contributed by atoms with Crippen LogP contribution in [0.5, 0.6) is 5.75 Å². The van der Waals surface area contributed by atoms with Crippen LogP contribution in [0.15, 0.2) is 42.5 Å². The number of ketones is 1. The third-order valence-electron chi connectivity index (χ3n) is 4.01. The van der Waals surface area contributed by atoms with E-state index in [9.17, 15) is 9.59 Å². The molecule has 4 nitrogen and oxygen atoms in total. The van der Waals surface area contributed by atoms with E-state index >= 15 is 0 Å². The highest BCUT2D eigenvalue weighted by Gasteiger charge is 2.24. The predicted octanol–water partition coefficient (Wildman–Crippen LogP) is 3.17. The van der Waals surface area contributed by atoms with Crippen molar-refractivity contribution in [1.29, 1.82) is 0 Å². The molecule has 0 aromatic heterocycles. The van der Waals surface area contributed by atoms with Crippen molar-refractivity contribution < 1.29 is 14.3 Å². The molecule has 0 aliphatic carbocycles. The Kier molecular flexibility index (Phi) is 4.15. The summed E-state index contributed by atoms with van der Waals surface area (Å²) < 4.78 is 5.60. The van der Waals surface area contributed by atoms with Crippen molar-refractivity contribution in [3.8, 4) is 5.75 Å². The molecule has 1 aliphatic rings. The van der Waals surface area contributed by atoms with Crippen LogP contribution < -0.4 is 9.64 Å². The predicted molar refractivity (Wildman–Crippen MR) is 89.2 cm³/mol. The number of hydrogen-bond acceptors (Lipinski definition) is 3. The minimum atomic E-state index is -0.0238. The second-order valence-electron chi connectivity index (χ2n) is 5.79. The molecule has 0 atom stereocenters. The Bertz CT molecular complexity index is 750. The highest BCUT2D eigenvalue weighted by Crippen LogP contribution is 2.33. The van der Waals surface area contributed by atoms with E-state index in [1.165, 1.54) is 12.5 Å². The second kappa shape index (κ2) is 6.24. The number of fused-ring (bicyclic) bond motifs is 1. The van der Waals surface area contributed by atoms with Crippen LogP contribution in [0.25, 0.3) is 0 Å². The van der Waals surface area contributed by atoms with Gasteiger partial charge in [-0.25, -0.2) is 0 Å². The molecular weight excluding hydrogens is 290 g/mol. The number of rotatable bonds is 3. The fourth-order valence-corrected chi connectivity index (χ4v) is 2.67. The first-order valence-electron chi connectivity index (χ1n) is 7.68. The van der Waals surface area contributed by atoms with Crippen molar-refractivity contribution in [3.63, 3.8) is 0 Å². The Morgan fingerprint density at radius 1 is 1.13 bits per heavy atom. The Labute approximate surface area is 135 Å². The maximum Gasteiger partial charge on any atom is 0.231 e. The van der Waals surface area contributed by atoms with Crippen LogP contribution in [-0.2, 0) is 11.2 Å². The molecule has 0 radical (unpaired) electrons. The zero-order valence-corrected chi connectivity index (χ0v) is 13.3. The van der Waals surface area contributed by atoms with E-state index in [-0.39, 0.29) is 11.7 Å². The monoisotopic (exact) mass is 309 g/mol. The standard InChI is InChI=1S/C19H19NO3/c1-13-3-5-15(6-4-13)11-19(22)20-9-10-23-18-8-7-16(14(2)21)12-17(18)20/h3-8,12H,9-11H2,1-2H3. The molecule has 0 saturated carbocycles. The molecule has 1 heterocycles. The zero-order chi connectivity index (χ0) is 16.4. The van der Waals surface area contributed by atoms with E-state index in [4.69, 9.17) is 4.74 Å². The molecule has 0 N–H and O–H groups in total. The van der Waals surface area contributed by atoms with Crippen LogP contribution in [-0.4, -0.2) is 24.8 Å². The molecule has 0 bridgehead atoms. The smallest absolute Gasteiger partial charge is 0.231 e. The zero-order valence-electron chi connectivity index (χ0n) is 13.3. The van der Waals surface area contributed by atoms with Crippen molar-refractivity contribution in [1.82, 2.24) is 0 Å². The van der Waals surface area contributed by atoms with Gasteiger partial charge in [-0.05, 0) is 37.6 Å². The molecule has 2 aromatic carbocycles. The van der Waals surface area contributed by atoms with Crippen LogP contribution in [0.4, 0.5) is 5.69 Å². The number of Topliss-reactive ketones (excluding diaryl/α,β-unsaturated/α-hetero) is 1. The molecular formula is C19H19NO3. The summed E-state index contributed by atoms with van der Waals surface area (Å²) >= 11 is 0. The van der Waals surface area contributed by atoms with Crippen LogP contribution in [0.1, 0.15) is 28.4 Å². The lowest BCUT2D eigenvalue weighted by atomic mass is 10.1. The van der Waals surface area contributed by atoms with Crippen LogP contribution in [0.2, 0.25) is 0 Å². The van der Waals surface area contributed by atoms with Crippen molar-refractivity contribution >= 4 is 17.4 Å². The van der Waals surface area contributed by atoms with Crippen LogP contribution in [0.3, 0.4) is 0 Å². The molecule has 118 valence electrons. The van der Waals surface area contributed by atoms with E-state index in [1.807, 2.05) is 31.2 Å². The Hall–Kier alpha value is -2.62. The lowest BCUT2D eigenvalue weighted by Crippen LogP contribution is -2.39. The fourth-order valence-electron chi connectivity index (χ4n) is 2.67. The lowest BCUT2D eigenvalue weighted by Gasteiger charge is -2.30. The molecule has 0 saturated heterocycles. The molecule has 1 amide bonds. The van der Waals surface area contributed by atoms with Gasteiger partial charge in [0.05, 0.1) is 18.7 Å². The van der Waals surface area contributed by atoms with Crippen LogP contribution >= 0.6 is 0 Å². The summed E-state index contributed by atoms with van der Waals surface area (Å²) in [5.74, 6) is 0.641. The number of nitrogens with zero attached hydrogens (tertiary/aromatic N) is 1. The molecule has 0 unspecified atom stereocenters. The van der Waals surface area contributed by atoms with E-state index in [1.54, 1.807) is 23.1 Å². The molecule has 1 aliphatic heterocycles. The first-order chi connectivity index (χ1) is 11.0. The Morgan fingerprint density at radius 2 is 1.87 bits per heavy atom. The van der Waals surface area contributed by atoms with Gasteiger partial charge in [0.1, 0.15) is 12.4 Å². The Morgan fingerprint density at radius 3 is 2.57 bits per heavy atom. The maximum atomic E-state index is 12.7. The summed E-state index contributed by atoms with van der Waals surface area (Å²) in [6.07, 6.45) is 0.337. The highest BCUT2D eigenvalue weighted by molar-refractivity contribution is 6.00. The lowest BCUT2D eigenvalue weighted by molar-refractivity contribution is -0.118. The van der Waals surface area contributed by atoms with Crippen molar-refractivity contribution in [3.05, 3.63) is 59.2 Å². The quantitative estimate of drug-likeness (QED) is 0.818. The van der Waals surface area contributed by atoms with Gasteiger partial charge < -0.3 is 9.64 Å². The van der Waals surface area contributed by atoms with Crippen molar-refractivity contribution in [2.75, 3.05) is 18.1 Å². The molecule has 23 heavy (non-hydrogen) atoms. The molecule has 0 spiro atoms. The van der Waals surface area contributed by atoms with E-state index in [0.717, 1.165) is 5.56 Å². The third kappa shape index (κ3) is 3.26. The van der Waals surface area contributed by atoms with E-state index in [2.05, 4.69) is 0 Å². The number of aryl methyl sites for hydroxylation is 1. The minimum Gasteiger partial charge on any atom is -0.490 e. The van der Waals surface area contributed by atoms with Crippen LogP contribution in [0, 0.1) is 6.92 Å². The summed E-state index contributed by atoms with van der Waals surface area (Å²) in [6.45, 7) is 4.50. The average molecular weight is 309 g/mol. The van der Waals surface area contributed by atoms with Gasteiger partial charge in [-0.3, -0.25) is 9.59 Å². The molecule has 4 heteroatoms. The summed E-state index contributed by atoms with van der Waals surface area (Å²) in [6, 6.07) is 13.2. The Balaban J connectivity index is 1.86. The maximum absolute atomic E-state index is 12.7. The van der Waals surface area contributed by atoms with Gasteiger partial charge in [-0.15, -0.1) is 0 Å². The summed E-state index contributed by atoms with van der Waals surface area (Å²) in [7, 11) is 0. The van der Waals surface area contributed by atoms with Gasteiger partial charge in [0, 0.05) is 5.56 Å². The molecule has 3 rings (SSSR count). The van der Waals surface area contributed by atoms with Gasteiger partial charge >= 0.3 is 0 Å². The third-order valence-corrected chi connectivity index (χ3v) is 4.01. The molecule has 0 fully saturated rings. The van der Waals surface area contributed by atoms with Gasteiger partial charge in [0.25, 0.3) is 0 Å².